The monoisotopic (exact) mass is 469 g/mol. The first-order chi connectivity index (χ1) is 15.2. The van der Waals surface area contributed by atoms with Crippen molar-refractivity contribution in [3.05, 3.63) is 48.5 Å². The van der Waals surface area contributed by atoms with Gasteiger partial charge in [0.05, 0.1) is 6.26 Å². The number of rotatable bonds is 6. The van der Waals surface area contributed by atoms with E-state index >= 15 is 0 Å². The molecule has 0 saturated heterocycles. The van der Waals surface area contributed by atoms with Gasteiger partial charge < -0.3 is 34.5 Å². The Morgan fingerprint density at radius 2 is 1.19 bits per heavy atom. The SMILES string of the molecule is CS(=O)(=O)O.OC(CNCC(O)[C@@H]1COc2ccccc2O1)[C@@H]1COc2ccccc2O1. The van der Waals surface area contributed by atoms with Crippen molar-refractivity contribution in [2.75, 3.05) is 32.6 Å². The number of aliphatic hydroxyl groups excluding tert-OH is 2. The molecular weight excluding hydrogens is 442 g/mol. The van der Waals surface area contributed by atoms with Gasteiger partial charge in [0.25, 0.3) is 10.1 Å². The third-order valence-corrected chi connectivity index (χ3v) is 4.63. The molecule has 0 amide bonds. The van der Waals surface area contributed by atoms with E-state index in [2.05, 4.69) is 5.32 Å². The predicted octanol–water partition coefficient (Wildman–Crippen LogP) is 0.482. The van der Waals surface area contributed by atoms with Crippen LogP contribution in [0.15, 0.2) is 48.5 Å². The molecule has 0 radical (unpaired) electrons. The van der Waals surface area contributed by atoms with Gasteiger partial charge in [-0.25, -0.2) is 0 Å². The fourth-order valence-corrected chi connectivity index (χ4v) is 3.09. The van der Waals surface area contributed by atoms with Crippen molar-refractivity contribution >= 4 is 10.1 Å². The van der Waals surface area contributed by atoms with E-state index in [0.717, 1.165) is 0 Å². The first-order valence-electron chi connectivity index (χ1n) is 9.97. The highest BCUT2D eigenvalue weighted by Gasteiger charge is 2.29. The van der Waals surface area contributed by atoms with Crippen molar-refractivity contribution in [1.82, 2.24) is 5.32 Å². The van der Waals surface area contributed by atoms with Gasteiger partial charge in [-0.05, 0) is 24.3 Å². The number of hydrogen-bond donors (Lipinski definition) is 4. The molecule has 2 heterocycles. The van der Waals surface area contributed by atoms with E-state index in [1.807, 2.05) is 48.5 Å². The van der Waals surface area contributed by atoms with E-state index in [9.17, 15) is 18.6 Å². The van der Waals surface area contributed by atoms with Crippen LogP contribution in [0.1, 0.15) is 0 Å². The van der Waals surface area contributed by atoms with Crippen molar-refractivity contribution in [3.8, 4) is 23.0 Å². The second-order valence-electron chi connectivity index (χ2n) is 7.35. The number of hydrogen-bond acceptors (Lipinski definition) is 9. The Morgan fingerprint density at radius 3 is 1.56 bits per heavy atom. The molecular formula is C21H27NO9S. The minimum absolute atomic E-state index is 0.261. The average Bonchev–Trinajstić information content (AvgIpc) is 2.77. The number of fused-ring (bicyclic) bond motifs is 2. The third-order valence-electron chi connectivity index (χ3n) is 4.63. The van der Waals surface area contributed by atoms with Crippen molar-refractivity contribution < 1.29 is 42.1 Å². The Labute approximate surface area is 186 Å². The number of ether oxygens (including phenoxy) is 4. The lowest BCUT2D eigenvalue weighted by molar-refractivity contribution is -0.0212. The molecule has 0 fully saturated rings. The van der Waals surface area contributed by atoms with Gasteiger partial charge in [-0.15, -0.1) is 0 Å². The van der Waals surface area contributed by atoms with Gasteiger partial charge in [0, 0.05) is 13.1 Å². The Hall–Kier alpha value is -2.57. The summed E-state index contributed by atoms with van der Waals surface area (Å²) in [6.45, 7) is 1.08. The number of benzene rings is 2. The van der Waals surface area contributed by atoms with Crippen LogP contribution in [0.5, 0.6) is 23.0 Å². The van der Waals surface area contributed by atoms with E-state index in [4.69, 9.17) is 23.5 Å². The summed E-state index contributed by atoms with van der Waals surface area (Å²) in [5.74, 6) is 2.61. The van der Waals surface area contributed by atoms with E-state index in [1.165, 1.54) is 0 Å². The van der Waals surface area contributed by atoms with Crippen molar-refractivity contribution in [1.29, 1.82) is 0 Å². The lowest BCUT2D eigenvalue weighted by Crippen LogP contribution is -2.49. The molecule has 0 aliphatic carbocycles. The summed E-state index contributed by atoms with van der Waals surface area (Å²) in [4.78, 5) is 0. The van der Waals surface area contributed by atoms with Crippen LogP contribution < -0.4 is 24.3 Å². The standard InChI is InChI=1S/C20H23NO6.CH4O3S/c22-13(19-11-24-15-5-1-3-7-17(15)26-19)9-21-10-14(23)20-12-25-16-6-2-4-8-18(16)27-20;1-5(2,3)4/h1-8,13-14,19-23H,9-12H2;1H3,(H,2,3,4)/t13?,14?,19-,20-;/m0./s1. The van der Waals surface area contributed by atoms with Crippen LogP contribution in [0.3, 0.4) is 0 Å². The first-order valence-corrected chi connectivity index (χ1v) is 11.8. The van der Waals surface area contributed by atoms with Crippen LogP contribution in [-0.4, -0.2) is 80.2 Å². The van der Waals surface area contributed by atoms with Crippen LogP contribution in [0.25, 0.3) is 0 Å². The maximum Gasteiger partial charge on any atom is 0.261 e. The third kappa shape index (κ3) is 7.24. The van der Waals surface area contributed by atoms with Crippen molar-refractivity contribution in [2.24, 2.45) is 0 Å². The van der Waals surface area contributed by atoms with Gasteiger partial charge >= 0.3 is 0 Å². The molecule has 0 saturated carbocycles. The van der Waals surface area contributed by atoms with E-state index in [-0.39, 0.29) is 26.3 Å². The van der Waals surface area contributed by atoms with Crippen molar-refractivity contribution in [3.63, 3.8) is 0 Å². The molecule has 2 aliphatic rings. The molecule has 0 aromatic heterocycles. The van der Waals surface area contributed by atoms with Crippen LogP contribution in [-0.2, 0) is 10.1 Å². The second-order valence-corrected chi connectivity index (χ2v) is 8.82. The van der Waals surface area contributed by atoms with Gasteiger partial charge in [-0.3, -0.25) is 4.55 Å². The van der Waals surface area contributed by atoms with Gasteiger partial charge in [0.2, 0.25) is 0 Å². The summed E-state index contributed by atoms with van der Waals surface area (Å²) >= 11 is 0. The van der Waals surface area contributed by atoms with Gasteiger partial charge in [-0.1, -0.05) is 24.3 Å². The first kappa shape index (κ1) is 24.1. The molecule has 176 valence electrons. The van der Waals surface area contributed by atoms with Gasteiger partial charge in [0.15, 0.2) is 35.2 Å². The summed E-state index contributed by atoms with van der Waals surface area (Å²) in [7, 11) is -3.67. The number of para-hydroxylation sites is 4. The molecule has 4 atom stereocenters. The second kappa shape index (κ2) is 10.8. The Kier molecular flexibility index (Phi) is 8.15. The van der Waals surface area contributed by atoms with E-state index < -0.39 is 34.5 Å². The minimum Gasteiger partial charge on any atom is -0.486 e. The molecule has 4 rings (SSSR count). The average molecular weight is 470 g/mol. The molecule has 10 nitrogen and oxygen atoms in total. The summed E-state index contributed by atoms with van der Waals surface area (Å²) in [5, 5.41) is 23.8. The largest absolute Gasteiger partial charge is 0.486 e. The molecule has 11 heteroatoms. The number of aliphatic hydroxyl groups is 2. The predicted molar refractivity (Wildman–Crippen MR) is 115 cm³/mol. The van der Waals surface area contributed by atoms with Crippen LogP contribution >= 0.6 is 0 Å². The summed E-state index contributed by atoms with van der Waals surface area (Å²) in [5.41, 5.74) is 0. The molecule has 0 spiro atoms. The fraction of sp³-hybridized carbons (Fsp3) is 0.429. The van der Waals surface area contributed by atoms with Crippen molar-refractivity contribution in [2.45, 2.75) is 24.4 Å². The Balaban J connectivity index is 0.000000523. The molecule has 4 N–H and O–H groups in total. The highest BCUT2D eigenvalue weighted by molar-refractivity contribution is 7.85. The zero-order valence-electron chi connectivity index (χ0n) is 17.5. The Morgan fingerprint density at radius 1 is 0.844 bits per heavy atom. The van der Waals surface area contributed by atoms with Crippen LogP contribution in [0.4, 0.5) is 0 Å². The summed E-state index contributed by atoms with van der Waals surface area (Å²) < 4.78 is 48.7. The minimum atomic E-state index is -3.67. The van der Waals surface area contributed by atoms with Gasteiger partial charge in [-0.2, -0.15) is 8.42 Å². The zero-order chi connectivity index (χ0) is 23.1. The molecule has 2 unspecified atom stereocenters. The molecule has 0 bridgehead atoms. The summed E-state index contributed by atoms with van der Waals surface area (Å²) in [6, 6.07) is 14.7. The van der Waals surface area contributed by atoms with Crippen LogP contribution in [0.2, 0.25) is 0 Å². The maximum atomic E-state index is 10.3. The highest BCUT2D eigenvalue weighted by Crippen LogP contribution is 2.32. The smallest absolute Gasteiger partial charge is 0.261 e. The molecule has 32 heavy (non-hydrogen) atoms. The molecule has 2 aliphatic heterocycles. The quantitative estimate of drug-likeness (QED) is 0.441. The lowest BCUT2D eigenvalue weighted by atomic mass is 10.1. The van der Waals surface area contributed by atoms with Crippen LogP contribution in [0, 0.1) is 0 Å². The number of nitrogens with one attached hydrogen (secondary N) is 1. The zero-order valence-corrected chi connectivity index (χ0v) is 18.3. The lowest BCUT2D eigenvalue weighted by Gasteiger charge is -2.31. The maximum absolute atomic E-state index is 10.3. The molecule has 2 aromatic rings. The topological polar surface area (TPSA) is 144 Å². The molecule has 2 aromatic carbocycles. The highest BCUT2D eigenvalue weighted by atomic mass is 32.2. The Bertz CT molecular complexity index is 913. The van der Waals surface area contributed by atoms with E-state index in [1.54, 1.807) is 0 Å². The normalized spacial score (nSPS) is 21.0. The summed E-state index contributed by atoms with van der Waals surface area (Å²) in [6.07, 6.45) is -1.76. The fourth-order valence-electron chi connectivity index (χ4n) is 3.09. The van der Waals surface area contributed by atoms with E-state index in [0.29, 0.717) is 29.3 Å². The van der Waals surface area contributed by atoms with Gasteiger partial charge in [0.1, 0.15) is 25.4 Å².